The van der Waals surface area contributed by atoms with Gasteiger partial charge in [0.2, 0.25) is 53.2 Å². The van der Waals surface area contributed by atoms with Crippen LogP contribution in [0.4, 0.5) is 0 Å². The predicted molar refractivity (Wildman–Crippen MR) is 323 cm³/mol. The average Bonchev–Trinajstić information content (AvgIpc) is 1.69. The van der Waals surface area contributed by atoms with Gasteiger partial charge in [0.1, 0.15) is 54.4 Å². The number of amides is 9. The molecule has 0 saturated carbocycles. The molecule has 508 valence electrons. The summed E-state index contributed by atoms with van der Waals surface area (Å²) in [5.41, 5.74) is 17.8. The lowest BCUT2D eigenvalue weighted by atomic mass is 9.96. The van der Waals surface area contributed by atoms with Gasteiger partial charge in [-0.3, -0.25) is 62.3 Å². The van der Waals surface area contributed by atoms with Crippen molar-refractivity contribution in [2.45, 2.75) is 212 Å². The van der Waals surface area contributed by atoms with Crippen LogP contribution < -0.4 is 65.1 Å². The summed E-state index contributed by atoms with van der Waals surface area (Å²) in [7, 11) is 0. The summed E-state index contributed by atoms with van der Waals surface area (Å²) < 4.78 is 5.86. The van der Waals surface area contributed by atoms with E-state index in [1.165, 1.54) is 18.7 Å². The van der Waals surface area contributed by atoms with E-state index < -0.39 is 212 Å². The molecule has 20 N–H and O–H groups in total. The van der Waals surface area contributed by atoms with E-state index in [9.17, 15) is 87.5 Å². The lowest BCUT2D eigenvalue weighted by Gasteiger charge is -2.31. The first kappa shape index (κ1) is 81.8. The summed E-state index contributed by atoms with van der Waals surface area (Å²) in [5, 5.41) is 70.4. The number of carboxylic acid groups (broad SMARTS) is 4. The molecule has 32 nitrogen and oxygen atoms in total. The summed E-state index contributed by atoms with van der Waals surface area (Å²) in [4.78, 5) is 183. The second-order valence-corrected chi connectivity index (χ2v) is 24.2. The first-order valence-corrected chi connectivity index (χ1v) is 31.0. The van der Waals surface area contributed by atoms with Gasteiger partial charge >= 0.3 is 29.8 Å². The first-order chi connectivity index (χ1) is 41.4. The second-order valence-electron chi connectivity index (χ2n) is 23.2. The van der Waals surface area contributed by atoms with E-state index in [-0.39, 0.29) is 50.5 Å². The van der Waals surface area contributed by atoms with Gasteiger partial charge in [0, 0.05) is 25.4 Å². The molecule has 0 unspecified atom stereocenters. The Labute approximate surface area is 522 Å². The van der Waals surface area contributed by atoms with Gasteiger partial charge in [-0.2, -0.15) is 11.8 Å². The van der Waals surface area contributed by atoms with E-state index in [0.717, 1.165) is 0 Å². The largest absolute Gasteiger partial charge is 0.481 e. The molecule has 0 bridgehead atoms. The summed E-state index contributed by atoms with van der Waals surface area (Å²) >= 11 is 1.37. The number of nitrogens with two attached hydrogens (primary N) is 3. The van der Waals surface area contributed by atoms with E-state index >= 15 is 0 Å². The number of carbonyl (C=O) groups is 14. The molecule has 0 aromatic rings. The van der Waals surface area contributed by atoms with Crippen molar-refractivity contribution in [2.75, 3.05) is 25.2 Å². The molecule has 14 atom stereocenters. The van der Waals surface area contributed by atoms with Crippen molar-refractivity contribution in [3.8, 4) is 0 Å². The Hall–Kier alpha value is -7.23. The zero-order valence-corrected chi connectivity index (χ0v) is 53.5. The number of thioether (sulfide) groups is 1. The number of ether oxygens (including phenoxy) is 1. The molecule has 0 aliphatic heterocycles. The minimum atomic E-state index is -1.96. The number of aliphatic hydroxyl groups is 1. The molecule has 0 aliphatic carbocycles. The number of carbonyl (C=O) groups excluding carboxylic acids is 10. The first-order valence-electron chi connectivity index (χ1n) is 29.6. The second kappa shape index (κ2) is 41.9. The van der Waals surface area contributed by atoms with Crippen molar-refractivity contribution in [2.24, 2.45) is 46.8 Å². The van der Waals surface area contributed by atoms with Gasteiger partial charge in [0.15, 0.2) is 0 Å². The molecular formula is C56H98N12O20S. The molecule has 0 spiro atoms. The number of aliphatic hydroxyl groups excluding tert-OH is 1. The molecule has 0 aromatic carbocycles. The van der Waals surface area contributed by atoms with E-state index in [4.69, 9.17) is 27.0 Å². The fraction of sp³-hybridized carbons (Fsp3) is 0.750. The standard InChI is InChI=1S/C56H98N12O20S/c1-12-29(9)45(67-48(79)31(57)14-16-40(70)71)55(86)65-38(25-69)52(83)61-34(15-17-41(72)73)50(81)68-46(30(10)13-2)54(85)64-37(23-43(76)77)56(87)88-39(32(58)20-26(3)4)24-60-33(18-19-89-11)49(80)66-44(28(7)8)53(84)63-36(21-27(5)6)51(82)62-35(47(59)78)22-42(74)75/h26-39,44-46,60,69H,12-25,57-58H2,1-11H3,(H2,59,78)(H,61,83)(H,62,82)(H,63,84)(H,64,85)(H,65,86)(H,66,80)(H,67,79)(H,68,81)(H,70,71)(H,72,73)(H,74,75)(H,76,77)/t29-,30-,31-,32-,33-,34-,35-,36-,37-,38-,39-,44-,45-,46-/m0/s1. The monoisotopic (exact) mass is 1290 g/mol. The van der Waals surface area contributed by atoms with Crippen LogP contribution in [0.15, 0.2) is 0 Å². The van der Waals surface area contributed by atoms with Crippen molar-refractivity contribution >= 4 is 94.8 Å². The Morgan fingerprint density at radius 2 is 0.888 bits per heavy atom. The zero-order chi connectivity index (χ0) is 68.6. The van der Waals surface area contributed by atoms with Crippen LogP contribution in [0.1, 0.15) is 140 Å². The van der Waals surface area contributed by atoms with Gasteiger partial charge in [-0.05, 0) is 73.7 Å². The molecule has 89 heavy (non-hydrogen) atoms. The van der Waals surface area contributed by atoms with Crippen LogP contribution in [-0.2, 0) is 71.9 Å². The van der Waals surface area contributed by atoms with E-state index in [1.54, 1.807) is 54.7 Å². The molecule has 0 saturated heterocycles. The minimum absolute atomic E-state index is 0.0386. The van der Waals surface area contributed by atoms with E-state index in [0.29, 0.717) is 12.2 Å². The number of hydrogen-bond donors (Lipinski definition) is 17. The van der Waals surface area contributed by atoms with Crippen molar-refractivity contribution in [1.82, 2.24) is 47.9 Å². The van der Waals surface area contributed by atoms with Gasteiger partial charge in [-0.15, -0.1) is 0 Å². The quantitative estimate of drug-likeness (QED) is 0.0273. The van der Waals surface area contributed by atoms with E-state index in [1.807, 2.05) is 13.8 Å². The van der Waals surface area contributed by atoms with Crippen LogP contribution in [0.25, 0.3) is 0 Å². The smallest absolute Gasteiger partial charge is 0.329 e. The molecular weight excluding hydrogens is 1190 g/mol. The van der Waals surface area contributed by atoms with Crippen LogP contribution in [0, 0.1) is 29.6 Å². The van der Waals surface area contributed by atoms with Gasteiger partial charge in [-0.25, -0.2) is 4.79 Å². The van der Waals surface area contributed by atoms with Crippen molar-refractivity contribution in [3.05, 3.63) is 0 Å². The predicted octanol–water partition coefficient (Wildman–Crippen LogP) is -2.86. The normalized spacial score (nSPS) is 16.1. The summed E-state index contributed by atoms with van der Waals surface area (Å²) in [6, 6.07) is -16.1. The number of nitrogens with one attached hydrogen (secondary N) is 9. The Morgan fingerprint density at radius 1 is 0.472 bits per heavy atom. The zero-order valence-electron chi connectivity index (χ0n) is 52.7. The molecule has 9 amide bonds. The number of hydrogen-bond acceptors (Lipinski definition) is 20. The lowest BCUT2D eigenvalue weighted by Crippen LogP contribution is -2.61. The SMILES string of the molecule is CC[C@H](C)[C@H](NC(=O)[C@H](CCC(=O)O)NC(=O)[C@H](CO)NC(=O)[C@@H](NC(=O)[C@@H](N)CCC(=O)O)[C@@H](C)CC)C(=O)N[C@@H](CC(=O)O)C(=O)O[C@@H](CN[C@@H](CCSC)C(=O)N[C@H](C(=O)N[C@@H](CC(C)C)C(=O)N[C@@H](CC(=O)O)C(N)=O)C(C)C)[C@@H](N)CC(C)C. The fourth-order valence-electron chi connectivity index (χ4n) is 8.67. The Morgan fingerprint density at radius 3 is 1.35 bits per heavy atom. The van der Waals surface area contributed by atoms with Gasteiger partial charge in [0.25, 0.3) is 0 Å². The third-order valence-electron chi connectivity index (χ3n) is 14.3. The third kappa shape index (κ3) is 31.7. The number of esters is 1. The van der Waals surface area contributed by atoms with Crippen molar-refractivity contribution in [1.29, 1.82) is 0 Å². The number of primary amides is 1. The molecule has 0 heterocycles. The highest BCUT2D eigenvalue weighted by atomic mass is 32.2. The molecule has 0 aliphatic rings. The fourth-order valence-corrected chi connectivity index (χ4v) is 9.14. The van der Waals surface area contributed by atoms with E-state index in [2.05, 4.69) is 47.9 Å². The Kier molecular flexibility index (Phi) is 38.5. The Balaban J connectivity index is 6.89. The number of aliphatic carboxylic acids is 4. The molecule has 0 radical (unpaired) electrons. The maximum atomic E-state index is 14.3. The third-order valence-corrected chi connectivity index (χ3v) is 14.9. The van der Waals surface area contributed by atoms with Crippen LogP contribution in [0.2, 0.25) is 0 Å². The molecule has 0 aromatic heterocycles. The molecule has 0 rings (SSSR count). The number of rotatable bonds is 46. The van der Waals surface area contributed by atoms with Gasteiger partial charge < -0.3 is 95.3 Å². The van der Waals surface area contributed by atoms with Crippen molar-refractivity contribution < 1.29 is 97.4 Å². The summed E-state index contributed by atoms with van der Waals surface area (Å²) in [6.45, 7) is 15.3. The minimum Gasteiger partial charge on any atom is -0.481 e. The highest BCUT2D eigenvalue weighted by molar-refractivity contribution is 7.98. The molecule has 0 fully saturated rings. The molecule has 33 heteroatoms. The van der Waals surface area contributed by atoms with Gasteiger partial charge in [-0.1, -0.05) is 82.1 Å². The van der Waals surface area contributed by atoms with Crippen molar-refractivity contribution in [3.63, 3.8) is 0 Å². The summed E-state index contributed by atoms with van der Waals surface area (Å²) in [6.07, 6.45) is -2.66. The van der Waals surface area contributed by atoms with Crippen LogP contribution in [0.3, 0.4) is 0 Å². The van der Waals surface area contributed by atoms with Gasteiger partial charge in [0.05, 0.1) is 31.5 Å². The summed E-state index contributed by atoms with van der Waals surface area (Å²) in [5.74, 6) is -17.7. The topological polar surface area (TPSA) is 536 Å². The number of carboxylic acids is 4. The average molecular weight is 1290 g/mol. The maximum absolute atomic E-state index is 14.3. The van der Waals surface area contributed by atoms with Crippen LogP contribution in [-0.4, -0.2) is 206 Å². The van der Waals surface area contributed by atoms with Crippen LogP contribution >= 0.6 is 11.8 Å². The Bertz CT molecular complexity index is 2400. The highest BCUT2D eigenvalue weighted by Crippen LogP contribution is 2.17. The van der Waals surface area contributed by atoms with Crippen LogP contribution in [0.5, 0.6) is 0 Å². The highest BCUT2D eigenvalue weighted by Gasteiger charge is 2.39. The lowest BCUT2D eigenvalue weighted by molar-refractivity contribution is -0.157. The maximum Gasteiger partial charge on any atom is 0.329 e.